The van der Waals surface area contributed by atoms with Gasteiger partial charge in [0.25, 0.3) is 0 Å². The first kappa shape index (κ1) is 14.6. The normalized spacial score (nSPS) is 17.3. The summed E-state index contributed by atoms with van der Waals surface area (Å²) in [5.74, 6) is 0.528. The number of aromatic nitrogens is 2. The van der Waals surface area contributed by atoms with Crippen LogP contribution in [0.3, 0.4) is 0 Å². The molecule has 2 heterocycles. The summed E-state index contributed by atoms with van der Waals surface area (Å²) < 4.78 is 5.73. The molecule has 0 spiro atoms. The standard InChI is InChI=1S/C15H15ClN4O2/c16-11-1-3-12(4-2-11)19-15(21)20-8-6-13(9-20)22-14-5-7-17-10-18-14/h1-5,7,10,13H,6,8-9H2,(H,19,21)/t13-/m0/s1. The lowest BCUT2D eigenvalue weighted by atomic mass is 10.3. The van der Waals surface area contributed by atoms with Crippen molar-refractivity contribution < 1.29 is 9.53 Å². The highest BCUT2D eigenvalue weighted by atomic mass is 35.5. The summed E-state index contributed by atoms with van der Waals surface area (Å²) in [5, 5.41) is 3.48. The molecular formula is C15H15ClN4O2. The number of carbonyl (C=O) groups excluding carboxylic acids is 1. The molecule has 1 saturated heterocycles. The second kappa shape index (κ2) is 6.62. The van der Waals surface area contributed by atoms with Gasteiger partial charge in [-0.2, -0.15) is 0 Å². The number of hydrogen-bond acceptors (Lipinski definition) is 4. The van der Waals surface area contributed by atoms with E-state index in [9.17, 15) is 4.79 Å². The lowest BCUT2D eigenvalue weighted by Gasteiger charge is -2.17. The molecule has 6 nitrogen and oxygen atoms in total. The van der Waals surface area contributed by atoms with Gasteiger partial charge in [-0.25, -0.2) is 14.8 Å². The van der Waals surface area contributed by atoms with Crippen LogP contribution in [0.4, 0.5) is 10.5 Å². The lowest BCUT2D eigenvalue weighted by molar-refractivity contribution is 0.189. The van der Waals surface area contributed by atoms with Gasteiger partial charge in [-0.1, -0.05) is 11.6 Å². The Bertz CT molecular complexity index is 636. The lowest BCUT2D eigenvalue weighted by Crippen LogP contribution is -2.34. The fraction of sp³-hybridized carbons (Fsp3) is 0.267. The number of anilines is 1. The van der Waals surface area contributed by atoms with Crippen molar-refractivity contribution in [1.82, 2.24) is 14.9 Å². The number of benzene rings is 1. The number of carbonyl (C=O) groups is 1. The van der Waals surface area contributed by atoms with E-state index in [1.54, 1.807) is 41.4 Å². The number of urea groups is 1. The minimum atomic E-state index is -0.142. The van der Waals surface area contributed by atoms with Crippen molar-refractivity contribution in [2.45, 2.75) is 12.5 Å². The molecule has 1 atom stereocenters. The van der Waals surface area contributed by atoms with Gasteiger partial charge in [0, 0.05) is 35.9 Å². The van der Waals surface area contributed by atoms with E-state index >= 15 is 0 Å². The van der Waals surface area contributed by atoms with Gasteiger partial charge < -0.3 is 15.0 Å². The van der Waals surface area contributed by atoms with E-state index in [0.29, 0.717) is 24.0 Å². The molecule has 0 bridgehead atoms. The van der Waals surface area contributed by atoms with Gasteiger partial charge in [0.05, 0.1) is 6.54 Å². The number of nitrogens with one attached hydrogen (secondary N) is 1. The van der Waals surface area contributed by atoms with E-state index in [0.717, 1.165) is 12.1 Å². The molecule has 1 aliphatic rings. The third kappa shape index (κ3) is 3.65. The quantitative estimate of drug-likeness (QED) is 0.945. The van der Waals surface area contributed by atoms with Crippen molar-refractivity contribution in [3.63, 3.8) is 0 Å². The van der Waals surface area contributed by atoms with Gasteiger partial charge >= 0.3 is 6.03 Å². The predicted octanol–water partition coefficient (Wildman–Crippen LogP) is 2.82. The highest BCUT2D eigenvalue weighted by molar-refractivity contribution is 6.30. The molecule has 2 amide bonds. The molecule has 1 aromatic carbocycles. The van der Waals surface area contributed by atoms with Crippen LogP contribution >= 0.6 is 11.6 Å². The van der Waals surface area contributed by atoms with Crippen LogP contribution in [0.2, 0.25) is 5.02 Å². The molecule has 0 aliphatic carbocycles. The largest absolute Gasteiger partial charge is 0.472 e. The molecule has 1 aliphatic heterocycles. The number of nitrogens with zero attached hydrogens (tertiary/aromatic N) is 3. The number of rotatable bonds is 3. The molecule has 2 aromatic rings. The Morgan fingerprint density at radius 2 is 2.14 bits per heavy atom. The van der Waals surface area contributed by atoms with E-state index in [1.165, 1.54) is 6.33 Å². The Kier molecular flexibility index (Phi) is 4.39. The molecule has 3 rings (SSSR count). The van der Waals surface area contributed by atoms with Crippen LogP contribution < -0.4 is 10.1 Å². The second-order valence-electron chi connectivity index (χ2n) is 4.96. The number of halogens is 1. The maximum absolute atomic E-state index is 12.2. The number of ether oxygens (including phenoxy) is 1. The Labute approximate surface area is 133 Å². The monoisotopic (exact) mass is 318 g/mol. The van der Waals surface area contributed by atoms with E-state index < -0.39 is 0 Å². The molecule has 1 aromatic heterocycles. The summed E-state index contributed by atoms with van der Waals surface area (Å²) in [6.07, 6.45) is 3.79. The molecule has 22 heavy (non-hydrogen) atoms. The zero-order valence-corrected chi connectivity index (χ0v) is 12.5. The van der Waals surface area contributed by atoms with Gasteiger partial charge in [0.1, 0.15) is 12.4 Å². The first-order valence-corrected chi connectivity index (χ1v) is 7.33. The SMILES string of the molecule is O=C(Nc1ccc(Cl)cc1)N1CC[C@H](Oc2ccncn2)C1. The summed E-state index contributed by atoms with van der Waals surface area (Å²) in [4.78, 5) is 21.8. The molecule has 7 heteroatoms. The number of amides is 2. The van der Waals surface area contributed by atoms with Crippen molar-refractivity contribution >= 4 is 23.3 Å². The zero-order chi connectivity index (χ0) is 15.4. The number of likely N-dealkylation sites (tertiary alicyclic amines) is 1. The fourth-order valence-electron chi connectivity index (χ4n) is 2.26. The second-order valence-corrected chi connectivity index (χ2v) is 5.40. The van der Waals surface area contributed by atoms with Gasteiger partial charge in [-0.05, 0) is 24.3 Å². The Morgan fingerprint density at radius 1 is 1.32 bits per heavy atom. The molecule has 0 radical (unpaired) electrons. The van der Waals surface area contributed by atoms with Crippen LogP contribution in [0, 0.1) is 0 Å². The Morgan fingerprint density at radius 3 is 2.86 bits per heavy atom. The third-order valence-corrected chi connectivity index (χ3v) is 3.62. The van der Waals surface area contributed by atoms with Crippen LogP contribution in [0.1, 0.15) is 6.42 Å². The summed E-state index contributed by atoms with van der Waals surface area (Å²) in [6, 6.07) is 8.58. The third-order valence-electron chi connectivity index (χ3n) is 3.37. The van der Waals surface area contributed by atoms with Crippen LogP contribution in [0.25, 0.3) is 0 Å². The van der Waals surface area contributed by atoms with Crippen LogP contribution in [-0.4, -0.2) is 40.1 Å². The molecule has 0 unspecified atom stereocenters. The first-order chi connectivity index (χ1) is 10.7. The molecular weight excluding hydrogens is 304 g/mol. The fourth-order valence-corrected chi connectivity index (χ4v) is 2.39. The highest BCUT2D eigenvalue weighted by Crippen LogP contribution is 2.18. The maximum Gasteiger partial charge on any atom is 0.321 e. The predicted molar refractivity (Wildman–Crippen MR) is 83.1 cm³/mol. The van der Waals surface area contributed by atoms with E-state index in [1.807, 2.05) is 0 Å². The minimum Gasteiger partial charge on any atom is -0.472 e. The summed E-state index contributed by atoms with van der Waals surface area (Å²) >= 11 is 5.82. The summed E-state index contributed by atoms with van der Waals surface area (Å²) in [7, 11) is 0. The molecule has 1 N–H and O–H groups in total. The van der Waals surface area contributed by atoms with Gasteiger partial charge in [-0.15, -0.1) is 0 Å². The number of hydrogen-bond donors (Lipinski definition) is 1. The topological polar surface area (TPSA) is 67.4 Å². The highest BCUT2D eigenvalue weighted by Gasteiger charge is 2.27. The minimum absolute atomic E-state index is 0.0501. The average Bonchev–Trinajstić information content (AvgIpc) is 2.99. The zero-order valence-electron chi connectivity index (χ0n) is 11.8. The average molecular weight is 319 g/mol. The van der Waals surface area contributed by atoms with E-state index in [-0.39, 0.29) is 12.1 Å². The summed E-state index contributed by atoms with van der Waals surface area (Å²) in [5.41, 5.74) is 0.717. The first-order valence-electron chi connectivity index (χ1n) is 6.95. The van der Waals surface area contributed by atoms with Crippen molar-refractivity contribution in [3.8, 4) is 5.88 Å². The molecule has 114 valence electrons. The Balaban J connectivity index is 1.53. The molecule has 1 fully saturated rings. The van der Waals surface area contributed by atoms with Crippen molar-refractivity contribution in [3.05, 3.63) is 47.9 Å². The van der Waals surface area contributed by atoms with Crippen molar-refractivity contribution in [2.24, 2.45) is 0 Å². The van der Waals surface area contributed by atoms with Crippen molar-refractivity contribution in [2.75, 3.05) is 18.4 Å². The van der Waals surface area contributed by atoms with E-state index in [2.05, 4.69) is 15.3 Å². The van der Waals surface area contributed by atoms with E-state index in [4.69, 9.17) is 16.3 Å². The maximum atomic E-state index is 12.2. The smallest absolute Gasteiger partial charge is 0.321 e. The van der Waals surface area contributed by atoms with Crippen molar-refractivity contribution in [1.29, 1.82) is 0 Å². The summed E-state index contributed by atoms with van der Waals surface area (Å²) in [6.45, 7) is 1.18. The van der Waals surface area contributed by atoms with Crippen LogP contribution in [0.15, 0.2) is 42.9 Å². The Hall–Kier alpha value is -2.34. The van der Waals surface area contributed by atoms with Gasteiger partial charge in [0.2, 0.25) is 5.88 Å². The van der Waals surface area contributed by atoms with Gasteiger partial charge in [-0.3, -0.25) is 0 Å². The van der Waals surface area contributed by atoms with Gasteiger partial charge in [0.15, 0.2) is 0 Å². The molecule has 0 saturated carbocycles. The van der Waals surface area contributed by atoms with Crippen LogP contribution in [0.5, 0.6) is 5.88 Å². The van der Waals surface area contributed by atoms with Crippen LogP contribution in [-0.2, 0) is 0 Å².